The van der Waals surface area contributed by atoms with Crippen LogP contribution in [0.5, 0.6) is 5.75 Å². The van der Waals surface area contributed by atoms with E-state index in [9.17, 15) is 0 Å². The fraction of sp³-hybridized carbons (Fsp3) is 0.417. The average molecular weight is 300 g/mol. The van der Waals surface area contributed by atoms with Crippen LogP contribution >= 0.6 is 15.9 Å². The van der Waals surface area contributed by atoms with Crippen molar-refractivity contribution in [3.63, 3.8) is 0 Å². The number of nitrogens with one attached hydrogen (secondary N) is 1. The van der Waals surface area contributed by atoms with Crippen molar-refractivity contribution in [2.24, 2.45) is 16.6 Å². The maximum atomic E-state index is 5.77. The Labute approximate surface area is 110 Å². The lowest BCUT2D eigenvalue weighted by molar-refractivity contribution is 0.412. The van der Waals surface area contributed by atoms with Crippen molar-refractivity contribution in [1.82, 2.24) is 0 Å². The maximum absolute atomic E-state index is 5.77. The van der Waals surface area contributed by atoms with Gasteiger partial charge in [0.05, 0.1) is 11.6 Å². The van der Waals surface area contributed by atoms with Crippen LogP contribution in [0.3, 0.4) is 0 Å². The van der Waals surface area contributed by atoms with Gasteiger partial charge in [-0.25, -0.2) is 0 Å². The van der Waals surface area contributed by atoms with Crippen LogP contribution in [0.25, 0.3) is 0 Å². The second-order valence-electron chi connectivity index (χ2n) is 4.09. The lowest BCUT2D eigenvalue weighted by Gasteiger charge is -2.09. The molecule has 17 heavy (non-hydrogen) atoms. The first-order valence-electron chi connectivity index (χ1n) is 5.43. The van der Waals surface area contributed by atoms with Gasteiger partial charge in [-0.2, -0.15) is 0 Å². The molecule has 5 heteroatoms. The molecule has 0 aromatic heterocycles. The monoisotopic (exact) mass is 299 g/mol. The highest BCUT2D eigenvalue weighted by Crippen LogP contribution is 2.27. The highest BCUT2D eigenvalue weighted by Gasteiger charge is 2.02. The molecule has 0 amide bonds. The predicted octanol–water partition coefficient (Wildman–Crippen LogP) is 2.84. The number of hydrogen-bond donors (Lipinski definition) is 2. The SMILES string of the molecule is COc1cc(NC(N)=NCC(C)C)ccc1Br. The number of rotatable bonds is 4. The van der Waals surface area contributed by atoms with Gasteiger partial charge in [-0.05, 0) is 34.0 Å². The molecule has 94 valence electrons. The van der Waals surface area contributed by atoms with Gasteiger partial charge >= 0.3 is 0 Å². The highest BCUT2D eigenvalue weighted by molar-refractivity contribution is 9.10. The Morgan fingerprint density at radius 1 is 1.53 bits per heavy atom. The molecule has 1 aromatic carbocycles. The van der Waals surface area contributed by atoms with Crippen molar-refractivity contribution in [3.8, 4) is 5.75 Å². The zero-order valence-corrected chi connectivity index (χ0v) is 11.9. The molecule has 0 aliphatic carbocycles. The third-order valence-corrected chi connectivity index (χ3v) is 2.71. The Bertz CT molecular complexity index is 405. The summed E-state index contributed by atoms with van der Waals surface area (Å²) in [6.45, 7) is 4.91. The summed E-state index contributed by atoms with van der Waals surface area (Å²) in [6.07, 6.45) is 0. The van der Waals surface area contributed by atoms with Crippen molar-refractivity contribution < 1.29 is 4.74 Å². The van der Waals surface area contributed by atoms with Crippen LogP contribution in [-0.4, -0.2) is 19.6 Å². The molecular formula is C12H18BrN3O. The van der Waals surface area contributed by atoms with E-state index in [0.717, 1.165) is 15.9 Å². The second kappa shape index (κ2) is 6.49. The molecule has 0 unspecified atom stereocenters. The quantitative estimate of drug-likeness (QED) is 0.664. The van der Waals surface area contributed by atoms with E-state index in [0.29, 0.717) is 18.4 Å². The number of guanidine groups is 1. The van der Waals surface area contributed by atoms with E-state index in [2.05, 4.69) is 40.1 Å². The first-order valence-corrected chi connectivity index (χ1v) is 6.22. The molecule has 0 heterocycles. The van der Waals surface area contributed by atoms with Crippen molar-refractivity contribution in [2.75, 3.05) is 19.0 Å². The van der Waals surface area contributed by atoms with Gasteiger partial charge in [-0.3, -0.25) is 4.99 Å². The first kappa shape index (κ1) is 13.8. The number of benzene rings is 1. The normalized spacial score (nSPS) is 11.7. The zero-order chi connectivity index (χ0) is 12.8. The van der Waals surface area contributed by atoms with Crippen LogP contribution in [0.4, 0.5) is 5.69 Å². The van der Waals surface area contributed by atoms with Gasteiger partial charge in [0.2, 0.25) is 0 Å². The van der Waals surface area contributed by atoms with Gasteiger partial charge in [0.1, 0.15) is 5.75 Å². The Kier molecular flexibility index (Phi) is 5.28. The number of methoxy groups -OCH3 is 1. The minimum atomic E-state index is 0.420. The molecule has 3 N–H and O–H groups in total. The Morgan fingerprint density at radius 3 is 2.82 bits per heavy atom. The third-order valence-electron chi connectivity index (χ3n) is 2.05. The third kappa shape index (κ3) is 4.65. The van der Waals surface area contributed by atoms with Crippen molar-refractivity contribution in [3.05, 3.63) is 22.7 Å². The molecule has 0 spiro atoms. The first-order chi connectivity index (χ1) is 8.02. The van der Waals surface area contributed by atoms with Crippen LogP contribution in [0.1, 0.15) is 13.8 Å². The molecule has 4 nitrogen and oxygen atoms in total. The lowest BCUT2D eigenvalue weighted by Crippen LogP contribution is -2.23. The molecule has 0 aliphatic rings. The summed E-state index contributed by atoms with van der Waals surface area (Å²) in [5.74, 6) is 1.67. The van der Waals surface area contributed by atoms with Gasteiger partial charge in [0.25, 0.3) is 0 Å². The number of hydrogen-bond acceptors (Lipinski definition) is 2. The minimum Gasteiger partial charge on any atom is -0.495 e. The summed E-state index contributed by atoms with van der Waals surface area (Å²) in [5.41, 5.74) is 6.63. The molecule has 1 aromatic rings. The Balaban J connectivity index is 2.71. The van der Waals surface area contributed by atoms with Gasteiger partial charge in [-0.15, -0.1) is 0 Å². The molecule has 0 fully saturated rings. The summed E-state index contributed by atoms with van der Waals surface area (Å²) < 4.78 is 6.10. The number of anilines is 1. The van der Waals surface area contributed by atoms with Gasteiger partial charge in [0.15, 0.2) is 5.96 Å². The summed E-state index contributed by atoms with van der Waals surface area (Å²) in [5, 5.41) is 3.03. The van der Waals surface area contributed by atoms with Crippen molar-refractivity contribution >= 4 is 27.6 Å². The fourth-order valence-electron chi connectivity index (χ4n) is 1.21. The second-order valence-corrected chi connectivity index (χ2v) is 4.95. The number of halogens is 1. The molecule has 1 rings (SSSR count). The maximum Gasteiger partial charge on any atom is 0.193 e. The minimum absolute atomic E-state index is 0.420. The fourth-order valence-corrected chi connectivity index (χ4v) is 1.61. The molecule has 0 saturated carbocycles. The van der Waals surface area contributed by atoms with Gasteiger partial charge < -0.3 is 15.8 Å². The molecule has 0 bridgehead atoms. The highest BCUT2D eigenvalue weighted by atomic mass is 79.9. The lowest BCUT2D eigenvalue weighted by atomic mass is 10.2. The topological polar surface area (TPSA) is 59.6 Å². The molecule has 0 radical (unpaired) electrons. The number of nitrogens with two attached hydrogens (primary N) is 1. The van der Waals surface area contributed by atoms with E-state index in [1.807, 2.05) is 18.2 Å². The average Bonchev–Trinajstić information content (AvgIpc) is 2.29. The molecular weight excluding hydrogens is 282 g/mol. The van der Waals surface area contributed by atoms with E-state index in [-0.39, 0.29) is 0 Å². The van der Waals surface area contributed by atoms with Crippen molar-refractivity contribution in [2.45, 2.75) is 13.8 Å². The van der Waals surface area contributed by atoms with Gasteiger partial charge in [0, 0.05) is 18.3 Å². The number of nitrogens with zero attached hydrogens (tertiary/aromatic N) is 1. The van der Waals surface area contributed by atoms with E-state index < -0.39 is 0 Å². The van der Waals surface area contributed by atoms with Crippen LogP contribution in [-0.2, 0) is 0 Å². The van der Waals surface area contributed by atoms with Crippen LogP contribution in [0, 0.1) is 5.92 Å². The predicted molar refractivity (Wildman–Crippen MR) is 75.6 cm³/mol. The van der Waals surface area contributed by atoms with E-state index in [1.165, 1.54) is 0 Å². The summed E-state index contributed by atoms with van der Waals surface area (Å²) in [6, 6.07) is 5.67. The Hall–Kier alpha value is -1.23. The van der Waals surface area contributed by atoms with Crippen LogP contribution < -0.4 is 15.8 Å². The van der Waals surface area contributed by atoms with Crippen LogP contribution in [0.2, 0.25) is 0 Å². The number of ether oxygens (including phenoxy) is 1. The Morgan fingerprint density at radius 2 is 2.24 bits per heavy atom. The van der Waals surface area contributed by atoms with Gasteiger partial charge in [-0.1, -0.05) is 13.8 Å². The summed E-state index contributed by atoms with van der Waals surface area (Å²) in [4.78, 5) is 4.23. The van der Waals surface area contributed by atoms with Crippen LogP contribution in [0.15, 0.2) is 27.7 Å². The van der Waals surface area contributed by atoms with E-state index in [1.54, 1.807) is 7.11 Å². The van der Waals surface area contributed by atoms with E-state index >= 15 is 0 Å². The molecule has 0 atom stereocenters. The standard InChI is InChI=1S/C12H18BrN3O/c1-8(2)7-15-12(14)16-9-4-5-10(13)11(6-9)17-3/h4-6,8H,7H2,1-3H3,(H3,14,15,16). The number of aliphatic imine (C=N–C) groups is 1. The summed E-state index contributed by atoms with van der Waals surface area (Å²) in [7, 11) is 1.63. The molecule has 0 saturated heterocycles. The molecule has 0 aliphatic heterocycles. The largest absolute Gasteiger partial charge is 0.495 e. The van der Waals surface area contributed by atoms with E-state index in [4.69, 9.17) is 10.5 Å². The zero-order valence-electron chi connectivity index (χ0n) is 10.3. The summed E-state index contributed by atoms with van der Waals surface area (Å²) >= 11 is 3.39. The van der Waals surface area contributed by atoms with Crippen molar-refractivity contribution in [1.29, 1.82) is 0 Å². The smallest absolute Gasteiger partial charge is 0.193 e.